The number of anilines is 2. The van der Waals surface area contributed by atoms with Crippen LogP contribution in [0.15, 0.2) is 146 Å². The molecule has 0 saturated heterocycles. The molecule has 1 unspecified atom stereocenters. The monoisotopic (exact) mass is 621 g/mol. The second kappa shape index (κ2) is 11.2. The number of aryl methyl sites for hydroxylation is 2. The normalized spacial score (nSPS) is 14.0. The molecule has 0 bridgehead atoms. The first kappa shape index (κ1) is 28.0. The maximum atomic E-state index is 6.56. The lowest BCUT2D eigenvalue weighted by Crippen LogP contribution is -2.22. The second-order valence-electron chi connectivity index (χ2n) is 12.2. The van der Waals surface area contributed by atoms with Crippen molar-refractivity contribution in [3.05, 3.63) is 162 Å². The van der Waals surface area contributed by atoms with Gasteiger partial charge in [-0.3, -0.25) is 9.47 Å². The lowest BCUT2D eigenvalue weighted by molar-refractivity contribution is 0.240. The fourth-order valence-corrected chi connectivity index (χ4v) is 6.95. The molecule has 6 nitrogen and oxygen atoms in total. The van der Waals surface area contributed by atoms with Crippen LogP contribution < -0.4 is 9.64 Å². The SMILES string of the molecule is Cc1cccc(C)c1-c1nc(-c2ccccc2)nc(-n2c3ccccc3c3cc(N4c5ccccc5OC4c4ccccc4)ccc32)n1. The molecule has 48 heavy (non-hydrogen) atoms. The first-order valence-electron chi connectivity index (χ1n) is 16.2. The molecule has 0 amide bonds. The standard InChI is InChI=1S/C42H31N5O/c1-27-14-13-15-28(2)38(27)40-43-39(29-16-5-3-6-17-29)44-42(45-40)47-34-21-10-9-20-32(34)33-26-31(24-25-35(33)47)46-36-22-11-12-23-37(36)48-41(46)30-18-7-4-8-19-30/h3-26,41H,1-2H3. The van der Waals surface area contributed by atoms with Crippen molar-refractivity contribution in [3.63, 3.8) is 0 Å². The molecule has 1 aliphatic rings. The third kappa shape index (κ3) is 4.53. The van der Waals surface area contributed by atoms with Crippen molar-refractivity contribution >= 4 is 33.2 Å². The number of ether oxygens (including phenoxy) is 1. The molecule has 8 aromatic rings. The average Bonchev–Trinajstić information content (AvgIpc) is 3.68. The van der Waals surface area contributed by atoms with E-state index in [1.165, 1.54) is 0 Å². The minimum Gasteiger partial charge on any atom is -0.464 e. The van der Waals surface area contributed by atoms with Crippen LogP contribution in [0.25, 0.3) is 50.5 Å². The van der Waals surface area contributed by atoms with Gasteiger partial charge in [0, 0.05) is 33.2 Å². The van der Waals surface area contributed by atoms with Crippen LogP contribution in [0.4, 0.5) is 11.4 Å². The molecule has 0 aliphatic carbocycles. The summed E-state index contributed by atoms with van der Waals surface area (Å²) in [4.78, 5) is 17.6. The Morgan fingerprint density at radius 3 is 2.04 bits per heavy atom. The van der Waals surface area contributed by atoms with Gasteiger partial charge in [0.2, 0.25) is 12.2 Å². The van der Waals surface area contributed by atoms with Gasteiger partial charge in [-0.1, -0.05) is 109 Å². The zero-order valence-corrected chi connectivity index (χ0v) is 26.6. The van der Waals surface area contributed by atoms with Crippen molar-refractivity contribution in [3.8, 4) is 34.5 Å². The second-order valence-corrected chi connectivity index (χ2v) is 12.2. The highest BCUT2D eigenvalue weighted by atomic mass is 16.5. The topological polar surface area (TPSA) is 56.1 Å². The fraction of sp³-hybridized carbons (Fsp3) is 0.0714. The largest absolute Gasteiger partial charge is 0.464 e. The van der Waals surface area contributed by atoms with Gasteiger partial charge in [0.1, 0.15) is 5.75 Å². The van der Waals surface area contributed by atoms with Gasteiger partial charge in [-0.15, -0.1) is 0 Å². The fourth-order valence-electron chi connectivity index (χ4n) is 6.95. The Balaban J connectivity index is 1.27. The minimum absolute atomic E-state index is 0.286. The predicted octanol–water partition coefficient (Wildman–Crippen LogP) is 10.1. The summed E-state index contributed by atoms with van der Waals surface area (Å²) in [5.41, 5.74) is 9.44. The first-order chi connectivity index (χ1) is 23.6. The molecule has 2 aromatic heterocycles. The van der Waals surface area contributed by atoms with Crippen LogP contribution in [-0.4, -0.2) is 19.5 Å². The van der Waals surface area contributed by atoms with Crippen molar-refractivity contribution in [2.45, 2.75) is 20.1 Å². The van der Waals surface area contributed by atoms with Gasteiger partial charge in [0.05, 0.1) is 16.7 Å². The number of fused-ring (bicyclic) bond motifs is 4. The summed E-state index contributed by atoms with van der Waals surface area (Å²) in [6, 6.07) is 50.1. The van der Waals surface area contributed by atoms with Gasteiger partial charge < -0.3 is 4.74 Å². The van der Waals surface area contributed by atoms with Crippen LogP contribution in [0, 0.1) is 13.8 Å². The number of aromatic nitrogens is 4. The number of para-hydroxylation sites is 3. The van der Waals surface area contributed by atoms with E-state index in [0.29, 0.717) is 17.6 Å². The van der Waals surface area contributed by atoms with Gasteiger partial charge >= 0.3 is 0 Å². The van der Waals surface area contributed by atoms with E-state index in [9.17, 15) is 0 Å². The molecule has 230 valence electrons. The number of hydrogen-bond acceptors (Lipinski definition) is 5. The van der Waals surface area contributed by atoms with E-state index in [-0.39, 0.29) is 6.23 Å². The van der Waals surface area contributed by atoms with Crippen molar-refractivity contribution in [1.29, 1.82) is 0 Å². The minimum atomic E-state index is -0.286. The Labute approximate surface area is 278 Å². The van der Waals surface area contributed by atoms with E-state index >= 15 is 0 Å². The van der Waals surface area contributed by atoms with E-state index in [4.69, 9.17) is 19.7 Å². The first-order valence-corrected chi connectivity index (χ1v) is 16.2. The van der Waals surface area contributed by atoms with E-state index in [0.717, 1.165) is 66.7 Å². The summed E-state index contributed by atoms with van der Waals surface area (Å²) in [6.07, 6.45) is -0.286. The third-order valence-corrected chi connectivity index (χ3v) is 9.18. The summed E-state index contributed by atoms with van der Waals surface area (Å²) < 4.78 is 8.73. The molecule has 9 rings (SSSR count). The number of nitrogens with zero attached hydrogens (tertiary/aromatic N) is 5. The predicted molar refractivity (Wildman–Crippen MR) is 193 cm³/mol. The summed E-state index contributed by atoms with van der Waals surface area (Å²) in [6.45, 7) is 4.22. The van der Waals surface area contributed by atoms with Crippen LogP contribution in [0.5, 0.6) is 5.75 Å². The van der Waals surface area contributed by atoms with Gasteiger partial charge in [-0.25, -0.2) is 4.98 Å². The molecular formula is C42H31N5O. The molecule has 6 aromatic carbocycles. The van der Waals surface area contributed by atoms with Crippen molar-refractivity contribution in [2.75, 3.05) is 4.90 Å². The van der Waals surface area contributed by atoms with Crippen LogP contribution >= 0.6 is 0 Å². The highest BCUT2D eigenvalue weighted by molar-refractivity contribution is 6.10. The van der Waals surface area contributed by atoms with Crippen molar-refractivity contribution in [1.82, 2.24) is 19.5 Å². The summed E-state index contributed by atoms with van der Waals surface area (Å²) in [5.74, 6) is 2.75. The number of hydrogen-bond donors (Lipinski definition) is 0. The van der Waals surface area contributed by atoms with E-state index in [2.05, 4.69) is 120 Å². The highest BCUT2D eigenvalue weighted by Gasteiger charge is 2.33. The number of benzene rings is 6. The lowest BCUT2D eigenvalue weighted by Gasteiger charge is -2.26. The van der Waals surface area contributed by atoms with E-state index in [1.807, 2.05) is 48.5 Å². The van der Waals surface area contributed by atoms with Crippen LogP contribution in [0.3, 0.4) is 0 Å². The average molecular weight is 622 g/mol. The van der Waals surface area contributed by atoms with E-state index in [1.54, 1.807) is 0 Å². The Kier molecular flexibility index (Phi) is 6.54. The summed E-state index contributed by atoms with van der Waals surface area (Å²) in [5, 5.41) is 2.23. The summed E-state index contributed by atoms with van der Waals surface area (Å²) >= 11 is 0. The Morgan fingerprint density at radius 1 is 0.562 bits per heavy atom. The Bertz CT molecular complexity index is 2450. The van der Waals surface area contributed by atoms with Gasteiger partial charge in [0.25, 0.3) is 0 Å². The zero-order valence-electron chi connectivity index (χ0n) is 26.6. The van der Waals surface area contributed by atoms with Crippen LogP contribution in [0.2, 0.25) is 0 Å². The molecular weight excluding hydrogens is 590 g/mol. The van der Waals surface area contributed by atoms with Crippen molar-refractivity contribution < 1.29 is 4.74 Å². The zero-order chi connectivity index (χ0) is 32.2. The lowest BCUT2D eigenvalue weighted by atomic mass is 10.0. The highest BCUT2D eigenvalue weighted by Crippen LogP contribution is 2.48. The Morgan fingerprint density at radius 2 is 1.23 bits per heavy atom. The van der Waals surface area contributed by atoms with Crippen LogP contribution in [0.1, 0.15) is 22.9 Å². The van der Waals surface area contributed by atoms with Crippen molar-refractivity contribution in [2.24, 2.45) is 0 Å². The molecule has 0 fully saturated rings. The molecule has 6 heteroatoms. The molecule has 3 heterocycles. The van der Waals surface area contributed by atoms with Gasteiger partial charge in [-0.2, -0.15) is 9.97 Å². The number of rotatable bonds is 5. The molecule has 0 saturated carbocycles. The molecule has 1 aliphatic heterocycles. The molecule has 0 radical (unpaired) electrons. The van der Waals surface area contributed by atoms with E-state index < -0.39 is 0 Å². The Hall–Kier alpha value is -6.27. The third-order valence-electron chi connectivity index (χ3n) is 9.18. The maximum absolute atomic E-state index is 6.56. The molecule has 0 N–H and O–H groups in total. The quantitative estimate of drug-likeness (QED) is 0.191. The smallest absolute Gasteiger partial charge is 0.238 e. The molecule has 0 spiro atoms. The van der Waals surface area contributed by atoms with Gasteiger partial charge in [-0.05, 0) is 61.4 Å². The summed E-state index contributed by atoms with van der Waals surface area (Å²) in [7, 11) is 0. The van der Waals surface area contributed by atoms with Gasteiger partial charge in [0.15, 0.2) is 11.6 Å². The maximum Gasteiger partial charge on any atom is 0.238 e. The molecule has 1 atom stereocenters. The van der Waals surface area contributed by atoms with Crippen LogP contribution in [-0.2, 0) is 0 Å².